The van der Waals surface area contributed by atoms with Crippen molar-refractivity contribution >= 4 is 38.4 Å². The lowest BCUT2D eigenvalue weighted by atomic mass is 10.1. The average molecular weight is 191 g/mol. The monoisotopic (exact) mass is 191 g/mol. The Hall–Kier alpha value is -1.55. The van der Waals surface area contributed by atoms with E-state index in [0.717, 1.165) is 15.8 Å². The molecule has 2 aromatic rings. The van der Waals surface area contributed by atoms with Gasteiger partial charge in [-0.1, -0.05) is 30.1 Å². The first-order chi connectivity index (χ1) is 6.22. The second kappa shape index (κ2) is 2.74. The third-order valence-electron chi connectivity index (χ3n) is 1.87. The van der Waals surface area contributed by atoms with Gasteiger partial charge in [0.15, 0.2) is 5.13 Å². The SMILES string of the molecule is C=Cc1ccc2sc(N)nc2c1N. The second-order valence-electron chi connectivity index (χ2n) is 2.67. The Balaban J connectivity index is 2.85. The van der Waals surface area contributed by atoms with E-state index in [2.05, 4.69) is 11.6 Å². The molecule has 0 bridgehead atoms. The van der Waals surface area contributed by atoms with Gasteiger partial charge in [0.2, 0.25) is 0 Å². The highest BCUT2D eigenvalue weighted by molar-refractivity contribution is 7.22. The topological polar surface area (TPSA) is 64.9 Å². The normalized spacial score (nSPS) is 10.5. The molecular weight excluding hydrogens is 182 g/mol. The number of nitrogens with two attached hydrogens (primary N) is 2. The molecule has 1 aromatic carbocycles. The molecule has 0 unspecified atom stereocenters. The molecule has 1 heterocycles. The third-order valence-corrected chi connectivity index (χ3v) is 2.72. The van der Waals surface area contributed by atoms with Crippen LogP contribution in [0.15, 0.2) is 18.7 Å². The Morgan fingerprint density at radius 3 is 2.85 bits per heavy atom. The molecule has 0 spiro atoms. The van der Waals surface area contributed by atoms with Gasteiger partial charge in [-0.05, 0) is 11.6 Å². The fourth-order valence-corrected chi connectivity index (χ4v) is 1.98. The Morgan fingerprint density at radius 1 is 1.38 bits per heavy atom. The number of anilines is 2. The number of rotatable bonds is 1. The number of aromatic nitrogens is 1. The molecule has 0 aliphatic carbocycles. The molecule has 13 heavy (non-hydrogen) atoms. The Labute approximate surface area is 79.7 Å². The van der Waals surface area contributed by atoms with Crippen molar-refractivity contribution in [2.45, 2.75) is 0 Å². The summed E-state index contributed by atoms with van der Waals surface area (Å²) in [6.07, 6.45) is 1.71. The van der Waals surface area contributed by atoms with Crippen LogP contribution in [0.5, 0.6) is 0 Å². The number of nitrogen functional groups attached to an aromatic ring is 2. The van der Waals surface area contributed by atoms with Crippen LogP contribution in [0.4, 0.5) is 10.8 Å². The summed E-state index contributed by atoms with van der Waals surface area (Å²) in [6, 6.07) is 3.87. The number of hydrogen-bond donors (Lipinski definition) is 2. The van der Waals surface area contributed by atoms with Gasteiger partial charge in [-0.2, -0.15) is 0 Å². The summed E-state index contributed by atoms with van der Waals surface area (Å²) in [7, 11) is 0. The number of fused-ring (bicyclic) bond motifs is 1. The molecule has 2 rings (SSSR count). The van der Waals surface area contributed by atoms with Gasteiger partial charge in [0.05, 0.1) is 10.4 Å². The fourth-order valence-electron chi connectivity index (χ4n) is 1.22. The second-order valence-corrected chi connectivity index (χ2v) is 3.73. The van der Waals surface area contributed by atoms with Gasteiger partial charge < -0.3 is 11.5 Å². The quantitative estimate of drug-likeness (QED) is 0.678. The lowest BCUT2D eigenvalue weighted by molar-refractivity contribution is 1.49. The van der Waals surface area contributed by atoms with Crippen LogP contribution in [0.25, 0.3) is 16.3 Å². The van der Waals surface area contributed by atoms with Crippen LogP contribution in [0, 0.1) is 0 Å². The molecule has 0 saturated heterocycles. The van der Waals surface area contributed by atoms with Crippen LogP contribution in [0.1, 0.15) is 5.56 Å². The fraction of sp³-hybridized carbons (Fsp3) is 0. The van der Waals surface area contributed by atoms with Crippen LogP contribution in [0.3, 0.4) is 0 Å². The van der Waals surface area contributed by atoms with Crippen molar-refractivity contribution in [3.8, 4) is 0 Å². The average Bonchev–Trinajstić information content (AvgIpc) is 2.47. The Morgan fingerprint density at radius 2 is 2.15 bits per heavy atom. The van der Waals surface area contributed by atoms with E-state index < -0.39 is 0 Å². The van der Waals surface area contributed by atoms with Crippen molar-refractivity contribution in [2.24, 2.45) is 0 Å². The van der Waals surface area contributed by atoms with Gasteiger partial charge in [0.25, 0.3) is 0 Å². The van der Waals surface area contributed by atoms with E-state index in [4.69, 9.17) is 11.5 Å². The number of hydrogen-bond acceptors (Lipinski definition) is 4. The lowest BCUT2D eigenvalue weighted by Gasteiger charge is -1.99. The van der Waals surface area contributed by atoms with E-state index in [1.807, 2.05) is 12.1 Å². The van der Waals surface area contributed by atoms with E-state index in [9.17, 15) is 0 Å². The standard InChI is InChI=1S/C9H9N3S/c1-2-5-3-4-6-8(7(5)10)12-9(11)13-6/h2-4H,1,10H2,(H2,11,12). The molecule has 0 aliphatic heterocycles. The first kappa shape index (κ1) is 8.07. The summed E-state index contributed by atoms with van der Waals surface area (Å²) in [5.74, 6) is 0. The van der Waals surface area contributed by atoms with Crippen molar-refractivity contribution in [1.29, 1.82) is 0 Å². The zero-order chi connectivity index (χ0) is 9.42. The minimum absolute atomic E-state index is 0.544. The predicted molar refractivity (Wildman–Crippen MR) is 58.5 cm³/mol. The molecule has 0 amide bonds. The minimum atomic E-state index is 0.544. The molecule has 0 fully saturated rings. The van der Waals surface area contributed by atoms with E-state index in [1.54, 1.807) is 6.08 Å². The van der Waals surface area contributed by atoms with Gasteiger partial charge in [-0.25, -0.2) is 4.98 Å². The van der Waals surface area contributed by atoms with Crippen molar-refractivity contribution < 1.29 is 0 Å². The number of thiazole rings is 1. The highest BCUT2D eigenvalue weighted by atomic mass is 32.1. The van der Waals surface area contributed by atoms with Gasteiger partial charge >= 0.3 is 0 Å². The maximum absolute atomic E-state index is 5.86. The van der Waals surface area contributed by atoms with Crippen LogP contribution in [-0.4, -0.2) is 4.98 Å². The largest absolute Gasteiger partial charge is 0.396 e. The molecule has 66 valence electrons. The minimum Gasteiger partial charge on any atom is -0.396 e. The van der Waals surface area contributed by atoms with Crippen molar-refractivity contribution in [2.75, 3.05) is 11.5 Å². The third kappa shape index (κ3) is 1.15. The van der Waals surface area contributed by atoms with E-state index in [0.29, 0.717) is 10.8 Å². The van der Waals surface area contributed by atoms with Crippen molar-refractivity contribution in [1.82, 2.24) is 4.98 Å². The molecule has 4 heteroatoms. The van der Waals surface area contributed by atoms with Gasteiger partial charge in [-0.3, -0.25) is 0 Å². The highest BCUT2D eigenvalue weighted by Gasteiger charge is 2.06. The zero-order valence-electron chi connectivity index (χ0n) is 6.95. The predicted octanol–water partition coefficient (Wildman–Crippen LogP) is 2.10. The van der Waals surface area contributed by atoms with Crippen molar-refractivity contribution in [3.63, 3.8) is 0 Å². The van der Waals surface area contributed by atoms with Gasteiger partial charge in [0, 0.05) is 0 Å². The lowest BCUT2D eigenvalue weighted by Crippen LogP contribution is -1.90. The molecule has 0 aliphatic rings. The molecule has 4 N–H and O–H groups in total. The summed E-state index contributed by atoms with van der Waals surface area (Å²) in [5, 5.41) is 0.544. The van der Waals surface area contributed by atoms with Crippen molar-refractivity contribution in [3.05, 3.63) is 24.3 Å². The smallest absolute Gasteiger partial charge is 0.181 e. The maximum Gasteiger partial charge on any atom is 0.181 e. The summed E-state index contributed by atoms with van der Waals surface area (Å²) in [6.45, 7) is 3.67. The Bertz CT molecular complexity index is 473. The van der Waals surface area contributed by atoms with E-state index in [-0.39, 0.29) is 0 Å². The highest BCUT2D eigenvalue weighted by Crippen LogP contribution is 2.30. The zero-order valence-corrected chi connectivity index (χ0v) is 7.77. The molecule has 1 aromatic heterocycles. The van der Waals surface area contributed by atoms with E-state index in [1.165, 1.54) is 11.3 Å². The Kier molecular flexibility index (Phi) is 1.70. The first-order valence-corrected chi connectivity index (χ1v) is 4.61. The first-order valence-electron chi connectivity index (χ1n) is 3.79. The van der Waals surface area contributed by atoms with E-state index >= 15 is 0 Å². The van der Waals surface area contributed by atoms with Crippen LogP contribution >= 0.6 is 11.3 Å². The summed E-state index contributed by atoms with van der Waals surface area (Å²) < 4.78 is 1.01. The van der Waals surface area contributed by atoms with Crippen LogP contribution in [-0.2, 0) is 0 Å². The number of benzene rings is 1. The van der Waals surface area contributed by atoms with Gasteiger partial charge in [-0.15, -0.1) is 0 Å². The summed E-state index contributed by atoms with van der Waals surface area (Å²) in [5.41, 5.74) is 13.8. The van der Waals surface area contributed by atoms with Gasteiger partial charge in [0.1, 0.15) is 5.52 Å². The van der Waals surface area contributed by atoms with Crippen LogP contribution < -0.4 is 11.5 Å². The summed E-state index contributed by atoms with van der Waals surface area (Å²) in [4.78, 5) is 4.14. The maximum atomic E-state index is 5.86. The molecule has 0 atom stereocenters. The molecule has 0 radical (unpaired) electrons. The van der Waals surface area contributed by atoms with Crippen LogP contribution in [0.2, 0.25) is 0 Å². The molecule has 0 saturated carbocycles. The molecular formula is C9H9N3S. The summed E-state index contributed by atoms with van der Waals surface area (Å²) >= 11 is 1.44. The number of nitrogens with zero attached hydrogens (tertiary/aromatic N) is 1. The molecule has 3 nitrogen and oxygen atoms in total.